The molecule has 5 nitrogen and oxygen atoms in total. The predicted octanol–water partition coefficient (Wildman–Crippen LogP) is 3.38. The van der Waals surface area contributed by atoms with Crippen molar-refractivity contribution in [2.24, 2.45) is 0 Å². The fourth-order valence-electron chi connectivity index (χ4n) is 2.82. The van der Waals surface area contributed by atoms with E-state index in [1.807, 2.05) is 36.7 Å². The van der Waals surface area contributed by atoms with Crippen molar-refractivity contribution in [1.82, 2.24) is 15.1 Å². The van der Waals surface area contributed by atoms with Crippen LogP contribution in [0.3, 0.4) is 0 Å². The van der Waals surface area contributed by atoms with Crippen molar-refractivity contribution in [1.29, 1.82) is 0 Å². The molecule has 140 valence electrons. The van der Waals surface area contributed by atoms with E-state index in [9.17, 15) is 9.18 Å². The van der Waals surface area contributed by atoms with Crippen molar-refractivity contribution < 1.29 is 13.9 Å². The molecule has 3 rings (SSSR count). The van der Waals surface area contributed by atoms with Crippen molar-refractivity contribution in [2.45, 2.75) is 26.9 Å². The normalized spacial score (nSPS) is 10.6. The number of amides is 1. The number of nitrogens with zero attached hydrogens (tertiary/aromatic N) is 2. The number of aromatic nitrogens is 2. The van der Waals surface area contributed by atoms with Crippen molar-refractivity contribution in [2.75, 3.05) is 6.61 Å². The maximum Gasteiger partial charge on any atom is 0.258 e. The number of benzene rings is 2. The molecule has 0 aliphatic heterocycles. The second-order valence-electron chi connectivity index (χ2n) is 6.31. The summed E-state index contributed by atoms with van der Waals surface area (Å²) < 4.78 is 20.2. The number of aryl methyl sites for hydroxylation is 1. The maximum absolute atomic E-state index is 12.9. The Hall–Kier alpha value is -3.15. The first-order valence-corrected chi connectivity index (χ1v) is 8.75. The van der Waals surface area contributed by atoms with Crippen LogP contribution in [0.1, 0.15) is 22.5 Å². The number of nitrogens with one attached hydrogen (secondary N) is 1. The van der Waals surface area contributed by atoms with Gasteiger partial charge >= 0.3 is 0 Å². The molecule has 0 aliphatic carbocycles. The quantitative estimate of drug-likeness (QED) is 0.696. The van der Waals surface area contributed by atoms with Gasteiger partial charge < -0.3 is 10.1 Å². The van der Waals surface area contributed by atoms with Gasteiger partial charge in [0.25, 0.3) is 5.91 Å². The molecule has 1 aromatic heterocycles. The summed E-state index contributed by atoms with van der Waals surface area (Å²) in [4.78, 5) is 12.0. The van der Waals surface area contributed by atoms with Gasteiger partial charge in [0.15, 0.2) is 6.61 Å². The van der Waals surface area contributed by atoms with Crippen LogP contribution in [0.2, 0.25) is 0 Å². The molecule has 6 heteroatoms. The van der Waals surface area contributed by atoms with Gasteiger partial charge in [0, 0.05) is 17.8 Å². The molecule has 1 N–H and O–H groups in total. The topological polar surface area (TPSA) is 56.2 Å². The number of carbonyl (C=O) groups excluding carboxylic acids is 1. The molecular formula is C21H22FN3O2. The van der Waals surface area contributed by atoms with Crippen molar-refractivity contribution in [3.8, 4) is 5.75 Å². The summed E-state index contributed by atoms with van der Waals surface area (Å²) in [5.41, 5.74) is 4.09. The van der Waals surface area contributed by atoms with Crippen LogP contribution in [-0.4, -0.2) is 22.3 Å². The Morgan fingerprint density at radius 2 is 1.81 bits per heavy atom. The van der Waals surface area contributed by atoms with E-state index in [1.165, 1.54) is 29.8 Å². The van der Waals surface area contributed by atoms with Crippen LogP contribution in [0.25, 0.3) is 0 Å². The minimum atomic E-state index is -0.342. The highest BCUT2D eigenvalue weighted by Crippen LogP contribution is 2.15. The molecule has 0 unspecified atom stereocenters. The first-order valence-electron chi connectivity index (χ1n) is 8.75. The number of hydrogen-bond donors (Lipinski definition) is 1. The Morgan fingerprint density at radius 1 is 1.11 bits per heavy atom. The van der Waals surface area contributed by atoms with Crippen molar-refractivity contribution in [3.63, 3.8) is 0 Å². The van der Waals surface area contributed by atoms with E-state index in [0.29, 0.717) is 18.8 Å². The van der Waals surface area contributed by atoms with Gasteiger partial charge in [-0.15, -0.1) is 0 Å². The summed E-state index contributed by atoms with van der Waals surface area (Å²) in [6.07, 6.45) is 0. The lowest BCUT2D eigenvalue weighted by Gasteiger charge is -2.09. The third-order valence-electron chi connectivity index (χ3n) is 4.35. The molecule has 0 atom stereocenters. The van der Waals surface area contributed by atoms with Gasteiger partial charge in [-0.2, -0.15) is 5.10 Å². The lowest BCUT2D eigenvalue weighted by molar-refractivity contribution is -0.123. The largest absolute Gasteiger partial charge is 0.484 e. The smallest absolute Gasteiger partial charge is 0.258 e. The zero-order chi connectivity index (χ0) is 19.2. The summed E-state index contributed by atoms with van der Waals surface area (Å²) in [7, 11) is 0. The molecular weight excluding hydrogens is 345 g/mol. The maximum atomic E-state index is 12.9. The second kappa shape index (κ2) is 8.49. The summed E-state index contributed by atoms with van der Waals surface area (Å²) >= 11 is 0. The summed E-state index contributed by atoms with van der Waals surface area (Å²) in [5.74, 6) is -0.131. The molecule has 1 amide bonds. The van der Waals surface area contributed by atoms with Gasteiger partial charge in [0.1, 0.15) is 11.6 Å². The Morgan fingerprint density at radius 3 is 2.52 bits per heavy atom. The van der Waals surface area contributed by atoms with E-state index in [0.717, 1.165) is 17.0 Å². The Labute approximate surface area is 157 Å². The highest BCUT2D eigenvalue weighted by molar-refractivity contribution is 5.77. The Bertz CT molecular complexity index is 905. The van der Waals surface area contributed by atoms with Crippen molar-refractivity contribution in [3.05, 3.63) is 82.9 Å². The van der Waals surface area contributed by atoms with Crippen LogP contribution in [-0.2, 0) is 17.9 Å². The fraction of sp³-hybridized carbons (Fsp3) is 0.238. The monoisotopic (exact) mass is 367 g/mol. The summed E-state index contributed by atoms with van der Waals surface area (Å²) in [5, 5.41) is 7.43. The Kier molecular flexibility index (Phi) is 5.86. The van der Waals surface area contributed by atoms with Crippen LogP contribution in [0, 0.1) is 19.7 Å². The number of halogens is 1. The molecule has 0 bridgehead atoms. The lowest BCUT2D eigenvalue weighted by Crippen LogP contribution is -2.28. The third-order valence-corrected chi connectivity index (χ3v) is 4.35. The fourth-order valence-corrected chi connectivity index (χ4v) is 2.82. The number of ether oxygens (including phenoxy) is 1. The zero-order valence-electron chi connectivity index (χ0n) is 15.4. The SMILES string of the molecule is Cc1nn(Cc2ccccc2)c(C)c1CNC(=O)COc1ccc(F)cc1. The highest BCUT2D eigenvalue weighted by Gasteiger charge is 2.13. The molecule has 0 radical (unpaired) electrons. The lowest BCUT2D eigenvalue weighted by atomic mass is 10.2. The summed E-state index contributed by atoms with van der Waals surface area (Å²) in [6, 6.07) is 15.7. The highest BCUT2D eigenvalue weighted by atomic mass is 19.1. The van der Waals surface area contributed by atoms with E-state index in [2.05, 4.69) is 22.5 Å². The van der Waals surface area contributed by atoms with Crippen LogP contribution < -0.4 is 10.1 Å². The number of hydrogen-bond acceptors (Lipinski definition) is 3. The predicted molar refractivity (Wildman–Crippen MR) is 101 cm³/mol. The zero-order valence-corrected chi connectivity index (χ0v) is 15.4. The van der Waals surface area contributed by atoms with E-state index in [1.54, 1.807) is 0 Å². The van der Waals surface area contributed by atoms with Gasteiger partial charge in [-0.25, -0.2) is 4.39 Å². The first-order chi connectivity index (χ1) is 13.0. The second-order valence-corrected chi connectivity index (χ2v) is 6.31. The molecule has 0 aliphatic rings. The van der Waals surface area contributed by atoms with Crippen LogP contribution in [0.15, 0.2) is 54.6 Å². The minimum absolute atomic E-state index is 0.123. The van der Waals surface area contributed by atoms with Gasteiger partial charge in [-0.1, -0.05) is 30.3 Å². The molecule has 0 fully saturated rings. The minimum Gasteiger partial charge on any atom is -0.484 e. The molecule has 1 heterocycles. The number of rotatable bonds is 7. The average molecular weight is 367 g/mol. The van der Waals surface area contributed by atoms with Crippen LogP contribution in [0.4, 0.5) is 4.39 Å². The van der Waals surface area contributed by atoms with Gasteiger partial charge in [-0.05, 0) is 43.7 Å². The molecule has 0 spiro atoms. The summed E-state index contributed by atoms with van der Waals surface area (Å²) in [6.45, 7) is 4.89. The third kappa shape index (κ3) is 4.94. The molecule has 0 saturated carbocycles. The molecule has 3 aromatic rings. The van der Waals surface area contributed by atoms with Gasteiger partial charge in [-0.3, -0.25) is 9.48 Å². The molecule has 0 saturated heterocycles. The first kappa shape index (κ1) is 18.6. The van der Waals surface area contributed by atoms with E-state index in [-0.39, 0.29) is 18.3 Å². The standard InChI is InChI=1S/C21H22FN3O2/c1-15-20(16(2)25(24-15)13-17-6-4-3-5-7-17)12-23-21(26)14-27-19-10-8-18(22)9-11-19/h3-11H,12-14H2,1-2H3,(H,23,26). The molecule has 2 aromatic carbocycles. The van der Waals surface area contributed by atoms with E-state index >= 15 is 0 Å². The van der Waals surface area contributed by atoms with Gasteiger partial charge in [0.2, 0.25) is 0 Å². The Balaban J connectivity index is 1.55. The molecule has 27 heavy (non-hydrogen) atoms. The van der Waals surface area contributed by atoms with E-state index < -0.39 is 0 Å². The average Bonchev–Trinajstić information content (AvgIpc) is 2.93. The van der Waals surface area contributed by atoms with Crippen molar-refractivity contribution >= 4 is 5.91 Å². The van der Waals surface area contributed by atoms with E-state index in [4.69, 9.17) is 4.74 Å². The van der Waals surface area contributed by atoms with Crippen LogP contribution >= 0.6 is 0 Å². The van der Waals surface area contributed by atoms with Crippen LogP contribution in [0.5, 0.6) is 5.75 Å². The number of carbonyl (C=O) groups is 1. The van der Waals surface area contributed by atoms with Gasteiger partial charge in [0.05, 0.1) is 12.2 Å².